The lowest BCUT2D eigenvalue weighted by Gasteiger charge is -2.13. The van der Waals surface area contributed by atoms with Gasteiger partial charge < -0.3 is 10.1 Å². The second-order valence-electron chi connectivity index (χ2n) is 5.31. The van der Waals surface area contributed by atoms with Crippen molar-refractivity contribution in [2.45, 2.75) is 23.5 Å². The number of anilines is 1. The quantitative estimate of drug-likeness (QED) is 0.623. The fraction of sp³-hybridized carbons (Fsp3) is 0.211. The SMILES string of the molecule is COC(=O)c1ccc(C(=O)Nc2ccccc2SC(C)CC#N)cc1. The van der Waals surface area contributed by atoms with Crippen molar-refractivity contribution < 1.29 is 14.3 Å². The highest BCUT2D eigenvalue weighted by Gasteiger charge is 2.13. The molecule has 0 aliphatic rings. The number of thioether (sulfide) groups is 1. The zero-order valence-electron chi connectivity index (χ0n) is 14.0. The molecule has 25 heavy (non-hydrogen) atoms. The third kappa shape index (κ3) is 5.10. The summed E-state index contributed by atoms with van der Waals surface area (Å²) in [6, 6.07) is 15.9. The van der Waals surface area contributed by atoms with Gasteiger partial charge in [0.15, 0.2) is 0 Å². The van der Waals surface area contributed by atoms with Gasteiger partial charge in [0.05, 0.1) is 24.4 Å². The van der Waals surface area contributed by atoms with Crippen molar-refractivity contribution >= 4 is 29.3 Å². The van der Waals surface area contributed by atoms with Gasteiger partial charge in [-0.25, -0.2) is 4.79 Å². The van der Waals surface area contributed by atoms with Crippen molar-refractivity contribution in [1.29, 1.82) is 5.26 Å². The second kappa shape index (κ2) is 8.90. The van der Waals surface area contributed by atoms with E-state index in [2.05, 4.69) is 16.1 Å². The molecule has 0 bridgehead atoms. The van der Waals surface area contributed by atoms with Crippen LogP contribution < -0.4 is 5.32 Å². The summed E-state index contributed by atoms with van der Waals surface area (Å²) in [4.78, 5) is 24.8. The number of methoxy groups -OCH3 is 1. The third-order valence-electron chi connectivity index (χ3n) is 3.41. The zero-order chi connectivity index (χ0) is 18.2. The summed E-state index contributed by atoms with van der Waals surface area (Å²) < 4.78 is 4.64. The van der Waals surface area contributed by atoms with Gasteiger partial charge >= 0.3 is 5.97 Å². The number of ether oxygens (including phenoxy) is 1. The van der Waals surface area contributed by atoms with E-state index in [0.29, 0.717) is 23.2 Å². The summed E-state index contributed by atoms with van der Waals surface area (Å²) in [5.74, 6) is -0.711. The molecule has 0 fully saturated rings. The minimum Gasteiger partial charge on any atom is -0.465 e. The van der Waals surface area contributed by atoms with Gasteiger partial charge in [-0.1, -0.05) is 19.1 Å². The average Bonchev–Trinajstić information content (AvgIpc) is 2.63. The van der Waals surface area contributed by atoms with Crippen molar-refractivity contribution in [3.8, 4) is 6.07 Å². The number of nitriles is 1. The van der Waals surface area contributed by atoms with Gasteiger partial charge in [0, 0.05) is 22.1 Å². The van der Waals surface area contributed by atoms with Gasteiger partial charge in [-0.05, 0) is 36.4 Å². The van der Waals surface area contributed by atoms with Gasteiger partial charge in [0.25, 0.3) is 5.91 Å². The first-order valence-corrected chi connectivity index (χ1v) is 8.55. The van der Waals surface area contributed by atoms with Crippen LogP contribution in [-0.4, -0.2) is 24.2 Å². The van der Waals surface area contributed by atoms with Crippen molar-refractivity contribution in [3.63, 3.8) is 0 Å². The minimum absolute atomic E-state index is 0.127. The van der Waals surface area contributed by atoms with Crippen LogP contribution in [0, 0.1) is 11.3 Å². The Balaban J connectivity index is 2.13. The summed E-state index contributed by atoms with van der Waals surface area (Å²) in [5, 5.41) is 11.8. The highest BCUT2D eigenvalue weighted by Crippen LogP contribution is 2.31. The van der Waals surface area contributed by atoms with Crippen LogP contribution in [0.5, 0.6) is 0 Å². The normalized spacial score (nSPS) is 11.2. The predicted octanol–water partition coefficient (Wildman–Crippen LogP) is 4.12. The molecule has 0 aromatic heterocycles. The number of carbonyl (C=O) groups excluding carboxylic acids is 2. The van der Waals surface area contributed by atoms with Crippen LogP contribution in [0.3, 0.4) is 0 Å². The van der Waals surface area contributed by atoms with Gasteiger partial charge in [0.2, 0.25) is 0 Å². The molecule has 6 heteroatoms. The number of nitrogens with zero attached hydrogens (tertiary/aromatic N) is 1. The Morgan fingerprint density at radius 1 is 1.16 bits per heavy atom. The van der Waals surface area contributed by atoms with E-state index in [4.69, 9.17) is 5.26 Å². The van der Waals surface area contributed by atoms with E-state index < -0.39 is 5.97 Å². The standard InChI is InChI=1S/C19H18N2O3S/c1-13(11-12-20)25-17-6-4-3-5-16(17)21-18(22)14-7-9-15(10-8-14)19(23)24-2/h3-10,13H,11H2,1-2H3,(H,21,22). The minimum atomic E-state index is -0.444. The van der Waals surface area contributed by atoms with Crippen molar-refractivity contribution in [3.05, 3.63) is 59.7 Å². The second-order valence-corrected chi connectivity index (χ2v) is 6.79. The molecule has 128 valence electrons. The van der Waals surface area contributed by atoms with Crippen molar-refractivity contribution in [2.75, 3.05) is 12.4 Å². The number of carbonyl (C=O) groups is 2. The molecule has 1 amide bonds. The Morgan fingerprint density at radius 3 is 2.44 bits per heavy atom. The van der Waals surface area contributed by atoms with Gasteiger partial charge in [0.1, 0.15) is 0 Å². The van der Waals surface area contributed by atoms with Gasteiger partial charge in [-0.15, -0.1) is 11.8 Å². The topological polar surface area (TPSA) is 79.2 Å². The maximum absolute atomic E-state index is 12.4. The number of rotatable bonds is 6. The lowest BCUT2D eigenvalue weighted by molar-refractivity contribution is 0.0600. The molecule has 2 rings (SSSR count). The van der Waals surface area contributed by atoms with E-state index >= 15 is 0 Å². The van der Waals surface area contributed by atoms with E-state index in [0.717, 1.165) is 4.90 Å². The van der Waals surface area contributed by atoms with E-state index in [1.807, 2.05) is 31.2 Å². The van der Waals surface area contributed by atoms with Crippen LogP contribution in [-0.2, 0) is 4.74 Å². The number of nitrogens with one attached hydrogen (secondary N) is 1. The summed E-state index contributed by atoms with van der Waals surface area (Å²) >= 11 is 1.54. The number of hydrogen-bond acceptors (Lipinski definition) is 5. The van der Waals surface area contributed by atoms with E-state index in [-0.39, 0.29) is 11.2 Å². The first-order chi connectivity index (χ1) is 12.0. The maximum Gasteiger partial charge on any atom is 0.337 e. The van der Waals surface area contributed by atoms with E-state index in [1.54, 1.807) is 36.0 Å². The van der Waals surface area contributed by atoms with Crippen molar-refractivity contribution in [2.24, 2.45) is 0 Å². The molecule has 1 atom stereocenters. The van der Waals surface area contributed by atoms with E-state index in [9.17, 15) is 9.59 Å². The Kier molecular flexibility index (Phi) is 6.61. The molecule has 0 saturated heterocycles. The third-order valence-corrected chi connectivity index (χ3v) is 4.59. The molecule has 0 radical (unpaired) electrons. The number of amides is 1. The zero-order valence-corrected chi connectivity index (χ0v) is 14.8. The lowest BCUT2D eigenvalue weighted by Crippen LogP contribution is -2.13. The number of esters is 1. The molecular formula is C19H18N2O3S. The van der Waals surface area contributed by atoms with Crippen LogP contribution in [0.1, 0.15) is 34.1 Å². The smallest absolute Gasteiger partial charge is 0.337 e. The average molecular weight is 354 g/mol. The molecular weight excluding hydrogens is 336 g/mol. The van der Waals surface area contributed by atoms with Crippen LogP contribution in [0.4, 0.5) is 5.69 Å². The molecule has 2 aromatic carbocycles. The number of para-hydroxylation sites is 1. The molecule has 1 unspecified atom stereocenters. The molecule has 5 nitrogen and oxygen atoms in total. The van der Waals surface area contributed by atoms with Crippen LogP contribution >= 0.6 is 11.8 Å². The first kappa shape index (κ1) is 18.6. The Bertz CT molecular complexity index is 797. The molecule has 0 spiro atoms. The molecule has 0 aliphatic carbocycles. The molecule has 2 aromatic rings. The molecule has 0 aliphatic heterocycles. The monoisotopic (exact) mass is 354 g/mol. The summed E-state index contributed by atoms with van der Waals surface area (Å²) in [6.45, 7) is 1.97. The van der Waals surface area contributed by atoms with Gasteiger partial charge in [-0.3, -0.25) is 4.79 Å². The summed E-state index contributed by atoms with van der Waals surface area (Å²) in [7, 11) is 1.31. The fourth-order valence-corrected chi connectivity index (χ4v) is 3.12. The molecule has 0 saturated carbocycles. The number of benzene rings is 2. The van der Waals surface area contributed by atoms with Crippen molar-refractivity contribution in [1.82, 2.24) is 0 Å². The summed E-state index contributed by atoms with van der Waals surface area (Å²) in [6.07, 6.45) is 0.432. The summed E-state index contributed by atoms with van der Waals surface area (Å²) in [5.41, 5.74) is 1.53. The lowest BCUT2D eigenvalue weighted by atomic mass is 10.1. The largest absolute Gasteiger partial charge is 0.465 e. The first-order valence-electron chi connectivity index (χ1n) is 7.67. The van der Waals surface area contributed by atoms with Crippen LogP contribution in [0.25, 0.3) is 0 Å². The molecule has 1 N–H and O–H groups in total. The highest BCUT2D eigenvalue weighted by molar-refractivity contribution is 8.00. The molecule has 0 heterocycles. The fourth-order valence-electron chi connectivity index (χ4n) is 2.13. The van der Waals surface area contributed by atoms with Crippen LogP contribution in [0.15, 0.2) is 53.4 Å². The Morgan fingerprint density at radius 2 is 1.80 bits per heavy atom. The van der Waals surface area contributed by atoms with E-state index in [1.165, 1.54) is 7.11 Å². The number of hydrogen-bond donors (Lipinski definition) is 1. The van der Waals surface area contributed by atoms with Crippen LogP contribution in [0.2, 0.25) is 0 Å². The Labute approximate surface area is 151 Å². The maximum atomic E-state index is 12.4. The van der Waals surface area contributed by atoms with Gasteiger partial charge in [-0.2, -0.15) is 5.26 Å². The highest BCUT2D eigenvalue weighted by atomic mass is 32.2. The predicted molar refractivity (Wildman–Crippen MR) is 97.7 cm³/mol. The Hall–Kier alpha value is -2.78.